The van der Waals surface area contributed by atoms with Crippen LogP contribution in [0.3, 0.4) is 0 Å². The highest BCUT2D eigenvalue weighted by molar-refractivity contribution is 7.19. The van der Waals surface area contributed by atoms with Crippen LogP contribution in [-0.2, 0) is 10.8 Å². The standard InChI is InChI=1S/C30H38OS/c1-19(2)27-16-22-10-12-24(18-28(22)32-27)30(7,8)14-13-20(3)25-15-21-9-11-23(29(4,5)6)17-26(21)31-25/h9-12,15-20H,13-14H2,1-8H3. The summed E-state index contributed by atoms with van der Waals surface area (Å²) in [7, 11) is 0. The lowest BCUT2D eigenvalue weighted by atomic mass is 9.78. The van der Waals surface area contributed by atoms with Gasteiger partial charge in [-0.15, -0.1) is 11.3 Å². The molecule has 0 bridgehead atoms. The first-order valence-electron chi connectivity index (χ1n) is 12.0. The number of rotatable bonds is 6. The number of hydrogen-bond donors (Lipinski definition) is 0. The van der Waals surface area contributed by atoms with E-state index in [2.05, 4.69) is 104 Å². The molecule has 1 atom stereocenters. The Kier molecular flexibility index (Phi) is 6.05. The van der Waals surface area contributed by atoms with Crippen molar-refractivity contribution in [2.24, 2.45) is 0 Å². The van der Waals surface area contributed by atoms with Crippen molar-refractivity contribution in [3.8, 4) is 0 Å². The van der Waals surface area contributed by atoms with Crippen molar-refractivity contribution in [1.29, 1.82) is 0 Å². The van der Waals surface area contributed by atoms with Gasteiger partial charge in [0, 0.05) is 20.9 Å². The zero-order chi connectivity index (χ0) is 23.3. The average Bonchev–Trinajstić information content (AvgIpc) is 3.34. The van der Waals surface area contributed by atoms with E-state index in [9.17, 15) is 0 Å². The summed E-state index contributed by atoms with van der Waals surface area (Å²) in [5, 5.41) is 2.59. The van der Waals surface area contributed by atoms with Gasteiger partial charge in [0.05, 0.1) is 0 Å². The molecule has 0 saturated carbocycles. The van der Waals surface area contributed by atoms with Gasteiger partial charge in [0.1, 0.15) is 11.3 Å². The normalized spacial score (nSPS) is 14.0. The molecule has 170 valence electrons. The summed E-state index contributed by atoms with van der Waals surface area (Å²) in [6, 6.07) is 18.3. The SMILES string of the molecule is CC(C)c1cc2ccc(C(C)(C)CCC(C)c3cc4ccc(C(C)(C)C)cc4o3)cc2s1. The molecule has 0 amide bonds. The Hall–Kier alpha value is -2.06. The summed E-state index contributed by atoms with van der Waals surface area (Å²) in [6.07, 6.45) is 2.24. The molecule has 32 heavy (non-hydrogen) atoms. The predicted molar refractivity (Wildman–Crippen MR) is 142 cm³/mol. The maximum Gasteiger partial charge on any atom is 0.134 e. The molecule has 0 saturated heterocycles. The van der Waals surface area contributed by atoms with Gasteiger partial charge in [-0.25, -0.2) is 0 Å². The first-order valence-corrected chi connectivity index (χ1v) is 12.8. The molecule has 2 heteroatoms. The molecule has 2 aromatic carbocycles. The molecule has 2 aromatic heterocycles. The van der Waals surface area contributed by atoms with Crippen LogP contribution in [0.5, 0.6) is 0 Å². The van der Waals surface area contributed by atoms with Crippen molar-refractivity contribution in [3.05, 3.63) is 70.3 Å². The Labute approximate surface area is 197 Å². The monoisotopic (exact) mass is 446 g/mol. The number of hydrogen-bond acceptors (Lipinski definition) is 2. The quantitative estimate of drug-likeness (QED) is 0.287. The maximum atomic E-state index is 6.32. The van der Waals surface area contributed by atoms with Gasteiger partial charge < -0.3 is 4.42 Å². The van der Waals surface area contributed by atoms with Crippen LogP contribution in [0.2, 0.25) is 0 Å². The van der Waals surface area contributed by atoms with Gasteiger partial charge in [-0.05, 0) is 70.4 Å². The van der Waals surface area contributed by atoms with Crippen LogP contribution < -0.4 is 0 Å². The number of furan rings is 1. The van der Waals surface area contributed by atoms with E-state index in [0.29, 0.717) is 11.8 Å². The van der Waals surface area contributed by atoms with E-state index < -0.39 is 0 Å². The molecule has 0 N–H and O–H groups in total. The van der Waals surface area contributed by atoms with E-state index in [-0.39, 0.29) is 10.8 Å². The van der Waals surface area contributed by atoms with E-state index >= 15 is 0 Å². The van der Waals surface area contributed by atoms with Crippen molar-refractivity contribution in [2.75, 3.05) is 0 Å². The lowest BCUT2D eigenvalue weighted by molar-refractivity contribution is 0.410. The van der Waals surface area contributed by atoms with Crippen LogP contribution in [0.25, 0.3) is 21.1 Å². The minimum Gasteiger partial charge on any atom is -0.461 e. The summed E-state index contributed by atoms with van der Waals surface area (Å²) < 4.78 is 7.74. The second kappa shape index (κ2) is 8.37. The van der Waals surface area contributed by atoms with Gasteiger partial charge in [0.15, 0.2) is 0 Å². The van der Waals surface area contributed by atoms with Crippen molar-refractivity contribution < 1.29 is 4.42 Å². The zero-order valence-electron chi connectivity index (χ0n) is 21.0. The molecule has 0 radical (unpaired) electrons. The zero-order valence-corrected chi connectivity index (χ0v) is 21.8. The van der Waals surface area contributed by atoms with Gasteiger partial charge >= 0.3 is 0 Å². The van der Waals surface area contributed by atoms with Crippen molar-refractivity contribution >= 4 is 32.4 Å². The third-order valence-electron chi connectivity index (χ3n) is 6.98. The molecule has 0 aliphatic heterocycles. The molecule has 0 spiro atoms. The molecule has 1 unspecified atom stereocenters. The third-order valence-corrected chi connectivity index (χ3v) is 8.38. The van der Waals surface area contributed by atoms with Crippen LogP contribution in [0.1, 0.15) is 102 Å². The largest absolute Gasteiger partial charge is 0.461 e. The Morgan fingerprint density at radius 2 is 1.50 bits per heavy atom. The van der Waals surface area contributed by atoms with Crippen LogP contribution in [0.15, 0.2) is 52.9 Å². The van der Waals surface area contributed by atoms with Crippen LogP contribution in [0.4, 0.5) is 0 Å². The van der Waals surface area contributed by atoms with Gasteiger partial charge in [-0.2, -0.15) is 0 Å². The smallest absolute Gasteiger partial charge is 0.134 e. The van der Waals surface area contributed by atoms with Crippen LogP contribution in [-0.4, -0.2) is 0 Å². The number of fused-ring (bicyclic) bond motifs is 2. The van der Waals surface area contributed by atoms with E-state index in [1.165, 1.54) is 31.5 Å². The van der Waals surface area contributed by atoms with E-state index in [1.54, 1.807) is 0 Å². The summed E-state index contributed by atoms with van der Waals surface area (Å²) in [5.74, 6) is 2.10. The minimum atomic E-state index is 0.135. The van der Waals surface area contributed by atoms with Crippen molar-refractivity contribution in [1.82, 2.24) is 0 Å². The Balaban J connectivity index is 1.50. The van der Waals surface area contributed by atoms with Gasteiger partial charge in [-0.1, -0.05) is 79.7 Å². The van der Waals surface area contributed by atoms with Gasteiger partial charge in [0.2, 0.25) is 0 Å². The Morgan fingerprint density at radius 1 is 0.812 bits per heavy atom. The number of thiophene rings is 1. The molecule has 0 aliphatic rings. The molecule has 4 aromatic rings. The third kappa shape index (κ3) is 4.66. The van der Waals surface area contributed by atoms with Crippen LogP contribution in [0, 0.1) is 0 Å². The Morgan fingerprint density at radius 3 is 2.19 bits per heavy atom. The number of benzene rings is 2. The van der Waals surface area contributed by atoms with Crippen molar-refractivity contribution in [2.45, 2.75) is 90.9 Å². The second-order valence-corrected chi connectivity index (χ2v) is 12.6. The summed E-state index contributed by atoms with van der Waals surface area (Å²) in [6.45, 7) is 18.4. The predicted octanol–water partition coefficient (Wildman–Crippen LogP) is 9.93. The molecule has 0 aliphatic carbocycles. The highest BCUT2D eigenvalue weighted by atomic mass is 32.1. The molecule has 1 nitrogen and oxygen atoms in total. The van der Waals surface area contributed by atoms with Gasteiger partial charge in [-0.3, -0.25) is 0 Å². The van der Waals surface area contributed by atoms with E-state index in [1.807, 2.05) is 11.3 Å². The van der Waals surface area contributed by atoms with E-state index in [4.69, 9.17) is 4.42 Å². The molecule has 4 rings (SSSR count). The topological polar surface area (TPSA) is 13.1 Å². The first kappa shape index (κ1) is 23.1. The lowest BCUT2D eigenvalue weighted by Gasteiger charge is -2.26. The molecule has 0 fully saturated rings. The summed E-state index contributed by atoms with van der Waals surface area (Å²) in [4.78, 5) is 1.48. The van der Waals surface area contributed by atoms with Gasteiger partial charge in [0.25, 0.3) is 0 Å². The van der Waals surface area contributed by atoms with Crippen molar-refractivity contribution in [3.63, 3.8) is 0 Å². The maximum absolute atomic E-state index is 6.32. The molecular weight excluding hydrogens is 408 g/mol. The first-order chi connectivity index (χ1) is 14.9. The fraction of sp³-hybridized carbons (Fsp3) is 0.467. The lowest BCUT2D eigenvalue weighted by Crippen LogP contribution is -2.17. The molecule has 2 heterocycles. The fourth-order valence-corrected chi connectivity index (χ4v) is 5.49. The van der Waals surface area contributed by atoms with E-state index in [0.717, 1.165) is 24.2 Å². The highest BCUT2D eigenvalue weighted by Gasteiger charge is 2.24. The highest BCUT2D eigenvalue weighted by Crippen LogP contribution is 2.38. The second-order valence-electron chi connectivity index (χ2n) is 11.5. The fourth-order valence-electron chi connectivity index (χ4n) is 4.38. The Bertz CT molecular complexity index is 1230. The molecular formula is C30H38OS. The van der Waals surface area contributed by atoms with Crippen LogP contribution >= 0.6 is 11.3 Å². The average molecular weight is 447 g/mol. The summed E-state index contributed by atoms with van der Waals surface area (Å²) in [5.41, 5.74) is 4.05. The summed E-state index contributed by atoms with van der Waals surface area (Å²) >= 11 is 1.95. The minimum absolute atomic E-state index is 0.135.